The van der Waals surface area contributed by atoms with E-state index >= 15 is 0 Å². The molecule has 2 nitrogen and oxygen atoms in total. The molecule has 0 bridgehead atoms. The van der Waals surface area contributed by atoms with Gasteiger partial charge < -0.3 is 10.1 Å². The van der Waals surface area contributed by atoms with Crippen LogP contribution in [0.5, 0.6) is 11.5 Å². The van der Waals surface area contributed by atoms with Crippen LogP contribution in [-0.4, -0.2) is 6.54 Å². The van der Waals surface area contributed by atoms with E-state index in [1.807, 2.05) is 18.2 Å². The van der Waals surface area contributed by atoms with Crippen molar-refractivity contribution in [2.75, 3.05) is 6.54 Å². The number of rotatable bonds is 6. The maximum absolute atomic E-state index is 6.03. The second-order valence-electron chi connectivity index (χ2n) is 5.10. The first-order valence-electron chi connectivity index (χ1n) is 7.41. The summed E-state index contributed by atoms with van der Waals surface area (Å²) < 4.78 is 7.10. The van der Waals surface area contributed by atoms with Crippen LogP contribution in [0.3, 0.4) is 0 Å². The van der Waals surface area contributed by atoms with Crippen molar-refractivity contribution in [1.29, 1.82) is 0 Å². The number of benzene rings is 2. The predicted molar refractivity (Wildman–Crippen MR) is 92.1 cm³/mol. The second kappa shape index (κ2) is 7.62. The maximum Gasteiger partial charge on any atom is 0.130 e. The highest BCUT2D eigenvalue weighted by Crippen LogP contribution is 2.29. The van der Waals surface area contributed by atoms with E-state index in [1.165, 1.54) is 5.56 Å². The first-order valence-corrected chi connectivity index (χ1v) is 8.20. The van der Waals surface area contributed by atoms with Gasteiger partial charge >= 0.3 is 0 Å². The van der Waals surface area contributed by atoms with Crippen molar-refractivity contribution < 1.29 is 4.74 Å². The van der Waals surface area contributed by atoms with Crippen molar-refractivity contribution in [3.8, 4) is 11.5 Å². The molecule has 0 aliphatic heterocycles. The highest BCUT2D eigenvalue weighted by atomic mass is 79.9. The van der Waals surface area contributed by atoms with Crippen LogP contribution in [0.25, 0.3) is 0 Å². The maximum atomic E-state index is 6.03. The first-order chi connectivity index (χ1) is 10.1. The Morgan fingerprint density at radius 1 is 1.14 bits per heavy atom. The van der Waals surface area contributed by atoms with Crippen molar-refractivity contribution in [3.05, 3.63) is 58.1 Å². The van der Waals surface area contributed by atoms with Crippen molar-refractivity contribution >= 4 is 15.9 Å². The van der Waals surface area contributed by atoms with Crippen LogP contribution >= 0.6 is 15.9 Å². The van der Waals surface area contributed by atoms with Gasteiger partial charge in [0, 0.05) is 10.5 Å². The topological polar surface area (TPSA) is 21.3 Å². The molecule has 1 N–H and O–H groups in total. The summed E-state index contributed by atoms with van der Waals surface area (Å²) in [6.07, 6.45) is 1.06. The molecule has 2 rings (SSSR count). The summed E-state index contributed by atoms with van der Waals surface area (Å²) in [4.78, 5) is 0. The lowest BCUT2D eigenvalue weighted by molar-refractivity contribution is 0.474. The number of hydrogen-bond acceptors (Lipinski definition) is 2. The molecule has 3 heteroatoms. The van der Waals surface area contributed by atoms with Gasteiger partial charge in [0.2, 0.25) is 0 Å². The fourth-order valence-electron chi connectivity index (χ4n) is 2.39. The van der Waals surface area contributed by atoms with Crippen LogP contribution in [0.15, 0.2) is 46.9 Å². The molecule has 0 amide bonds. The third-order valence-corrected chi connectivity index (χ3v) is 3.98. The zero-order chi connectivity index (χ0) is 15.2. The fourth-order valence-corrected chi connectivity index (χ4v) is 2.87. The van der Waals surface area contributed by atoms with Crippen LogP contribution in [0.4, 0.5) is 0 Å². The molecule has 0 heterocycles. The number of ether oxygens (including phenoxy) is 1. The molecule has 1 atom stereocenters. The summed E-state index contributed by atoms with van der Waals surface area (Å²) in [5.74, 6) is 1.78. The Balaban J connectivity index is 2.21. The molecule has 0 spiro atoms. The molecule has 1 unspecified atom stereocenters. The fraction of sp³-hybridized carbons (Fsp3) is 0.333. The van der Waals surface area contributed by atoms with Gasteiger partial charge in [-0.1, -0.05) is 41.9 Å². The molecular weight excluding hydrogens is 326 g/mol. The Kier molecular flexibility index (Phi) is 5.83. The van der Waals surface area contributed by atoms with Gasteiger partial charge in [-0.25, -0.2) is 0 Å². The third-order valence-electron chi connectivity index (χ3n) is 3.48. The Hall–Kier alpha value is -1.32. The molecule has 0 radical (unpaired) electrons. The largest absolute Gasteiger partial charge is 0.457 e. The standard InChI is InChI=1S/C18H22BrNO/c1-4-17(20-5-2)14-7-6-8-16(12-14)21-18-10-9-15(19)11-13(18)3/h6-12,17,20H,4-5H2,1-3H3. The zero-order valence-corrected chi connectivity index (χ0v) is 14.4. The number of hydrogen-bond donors (Lipinski definition) is 1. The normalized spacial score (nSPS) is 12.2. The number of aryl methyl sites for hydroxylation is 1. The summed E-state index contributed by atoms with van der Waals surface area (Å²) in [6.45, 7) is 7.35. The highest BCUT2D eigenvalue weighted by molar-refractivity contribution is 9.10. The van der Waals surface area contributed by atoms with E-state index in [0.717, 1.165) is 34.5 Å². The van der Waals surface area contributed by atoms with Gasteiger partial charge in [0.15, 0.2) is 0 Å². The van der Waals surface area contributed by atoms with E-state index in [0.29, 0.717) is 6.04 Å². The molecule has 2 aromatic carbocycles. The average molecular weight is 348 g/mol. The Labute approximate surface area is 135 Å². The lowest BCUT2D eigenvalue weighted by Crippen LogP contribution is -2.19. The smallest absolute Gasteiger partial charge is 0.130 e. The van der Waals surface area contributed by atoms with E-state index in [4.69, 9.17) is 4.74 Å². The molecular formula is C18H22BrNO. The molecule has 0 aromatic heterocycles. The molecule has 0 aliphatic carbocycles. The Morgan fingerprint density at radius 3 is 2.62 bits per heavy atom. The summed E-state index contributed by atoms with van der Waals surface area (Å²) in [5, 5.41) is 3.50. The SMILES string of the molecule is CCNC(CC)c1cccc(Oc2ccc(Br)cc2C)c1. The van der Waals surface area contributed by atoms with Crippen molar-refractivity contribution in [2.24, 2.45) is 0 Å². The van der Waals surface area contributed by atoms with E-state index < -0.39 is 0 Å². The summed E-state index contributed by atoms with van der Waals surface area (Å²) in [6, 6.07) is 14.8. The van der Waals surface area contributed by atoms with E-state index in [2.05, 4.69) is 66.3 Å². The minimum atomic E-state index is 0.379. The summed E-state index contributed by atoms with van der Waals surface area (Å²) >= 11 is 3.48. The van der Waals surface area contributed by atoms with Gasteiger partial charge in [0.25, 0.3) is 0 Å². The molecule has 0 saturated carbocycles. The monoisotopic (exact) mass is 347 g/mol. The molecule has 0 saturated heterocycles. The quantitative estimate of drug-likeness (QED) is 0.733. The van der Waals surface area contributed by atoms with Crippen LogP contribution in [0, 0.1) is 6.92 Å². The Morgan fingerprint density at radius 2 is 1.95 bits per heavy atom. The molecule has 0 fully saturated rings. The van der Waals surface area contributed by atoms with Gasteiger partial charge in [-0.3, -0.25) is 0 Å². The molecule has 21 heavy (non-hydrogen) atoms. The number of nitrogens with one attached hydrogen (secondary N) is 1. The molecule has 2 aromatic rings. The van der Waals surface area contributed by atoms with Crippen LogP contribution in [0.2, 0.25) is 0 Å². The van der Waals surface area contributed by atoms with Crippen molar-refractivity contribution in [2.45, 2.75) is 33.2 Å². The average Bonchev–Trinajstić information content (AvgIpc) is 2.48. The minimum Gasteiger partial charge on any atom is -0.457 e. The van der Waals surface area contributed by atoms with Gasteiger partial charge in [-0.2, -0.15) is 0 Å². The van der Waals surface area contributed by atoms with Crippen LogP contribution < -0.4 is 10.1 Å². The van der Waals surface area contributed by atoms with E-state index in [1.54, 1.807) is 0 Å². The van der Waals surface area contributed by atoms with Crippen molar-refractivity contribution in [3.63, 3.8) is 0 Å². The minimum absolute atomic E-state index is 0.379. The third kappa shape index (κ3) is 4.32. The lowest BCUT2D eigenvalue weighted by atomic mass is 10.0. The summed E-state index contributed by atoms with van der Waals surface area (Å²) in [5.41, 5.74) is 2.39. The Bertz CT molecular complexity index is 598. The van der Waals surface area contributed by atoms with Gasteiger partial charge in [0.1, 0.15) is 11.5 Å². The number of halogens is 1. The van der Waals surface area contributed by atoms with Crippen LogP contribution in [0.1, 0.15) is 37.4 Å². The highest BCUT2D eigenvalue weighted by Gasteiger charge is 2.09. The van der Waals surface area contributed by atoms with Gasteiger partial charge in [-0.15, -0.1) is 0 Å². The van der Waals surface area contributed by atoms with Gasteiger partial charge in [0.05, 0.1) is 0 Å². The van der Waals surface area contributed by atoms with E-state index in [-0.39, 0.29) is 0 Å². The molecule has 0 aliphatic rings. The molecule has 112 valence electrons. The summed E-state index contributed by atoms with van der Waals surface area (Å²) in [7, 11) is 0. The second-order valence-corrected chi connectivity index (χ2v) is 6.02. The predicted octanol–water partition coefficient (Wildman–Crippen LogP) is 5.61. The van der Waals surface area contributed by atoms with Gasteiger partial charge in [-0.05, 0) is 61.3 Å². The first kappa shape index (κ1) is 16.1. The van der Waals surface area contributed by atoms with Crippen LogP contribution in [-0.2, 0) is 0 Å². The lowest BCUT2D eigenvalue weighted by Gasteiger charge is -2.17. The zero-order valence-electron chi connectivity index (χ0n) is 12.8. The van der Waals surface area contributed by atoms with Crippen molar-refractivity contribution in [1.82, 2.24) is 5.32 Å². The van der Waals surface area contributed by atoms with E-state index in [9.17, 15) is 0 Å².